The molecule has 0 spiro atoms. The number of carbonyl (C=O) groups is 2. The normalized spacial score (nSPS) is 18.1. The number of rotatable bonds is 5. The third kappa shape index (κ3) is 3.24. The number of hydrogen-bond acceptors (Lipinski definition) is 3. The number of aliphatic hydroxyl groups excluding tert-OH is 1. The second kappa shape index (κ2) is 6.72. The van der Waals surface area contributed by atoms with Crippen LogP contribution in [-0.4, -0.2) is 48.6 Å². The molecule has 0 aromatic heterocycles. The van der Waals surface area contributed by atoms with Crippen LogP contribution in [0.5, 0.6) is 0 Å². The first kappa shape index (κ1) is 15.5. The molecule has 0 aliphatic carbocycles. The van der Waals surface area contributed by atoms with Gasteiger partial charge in [-0.05, 0) is 18.1 Å². The standard InChI is InChI=1S/C16H22N2O3/c1-3-12-6-4-5-7-14(12)18-11-13(10-15(18)20)16(21)17(2)8-9-19/h4-7,13,19H,3,8-11H2,1-2H3. The predicted octanol–water partition coefficient (Wildman–Crippen LogP) is 1.05. The van der Waals surface area contributed by atoms with Crippen LogP contribution in [0, 0.1) is 5.92 Å². The molecule has 1 atom stereocenters. The summed E-state index contributed by atoms with van der Waals surface area (Å²) >= 11 is 0. The highest BCUT2D eigenvalue weighted by molar-refractivity contribution is 6.00. The van der Waals surface area contributed by atoms with E-state index in [1.54, 1.807) is 11.9 Å². The van der Waals surface area contributed by atoms with Gasteiger partial charge in [-0.3, -0.25) is 9.59 Å². The first-order valence-corrected chi connectivity index (χ1v) is 7.32. The zero-order valence-electron chi connectivity index (χ0n) is 12.6. The number of hydrogen-bond donors (Lipinski definition) is 1. The molecule has 1 unspecified atom stereocenters. The Morgan fingerprint density at radius 1 is 1.43 bits per heavy atom. The Morgan fingerprint density at radius 2 is 2.14 bits per heavy atom. The minimum atomic E-state index is -0.320. The molecule has 2 amide bonds. The van der Waals surface area contributed by atoms with Crippen LogP contribution >= 0.6 is 0 Å². The lowest BCUT2D eigenvalue weighted by Gasteiger charge is -2.22. The molecule has 1 fully saturated rings. The molecule has 1 N–H and O–H groups in total. The Bertz CT molecular complexity index is 530. The van der Waals surface area contributed by atoms with Gasteiger partial charge in [0.15, 0.2) is 0 Å². The van der Waals surface area contributed by atoms with Gasteiger partial charge < -0.3 is 14.9 Å². The van der Waals surface area contributed by atoms with Crippen LogP contribution in [0.1, 0.15) is 18.9 Å². The lowest BCUT2D eigenvalue weighted by Crippen LogP contribution is -2.36. The second-order valence-corrected chi connectivity index (χ2v) is 5.37. The molecule has 21 heavy (non-hydrogen) atoms. The number of anilines is 1. The van der Waals surface area contributed by atoms with E-state index in [0.717, 1.165) is 17.7 Å². The van der Waals surface area contributed by atoms with Crippen LogP contribution in [0.4, 0.5) is 5.69 Å². The van der Waals surface area contributed by atoms with Gasteiger partial charge in [0.2, 0.25) is 11.8 Å². The van der Waals surface area contributed by atoms with E-state index in [9.17, 15) is 9.59 Å². The number of para-hydroxylation sites is 1. The predicted molar refractivity (Wildman–Crippen MR) is 81.0 cm³/mol. The van der Waals surface area contributed by atoms with Gasteiger partial charge in [0.25, 0.3) is 0 Å². The summed E-state index contributed by atoms with van der Waals surface area (Å²) < 4.78 is 0. The molecule has 2 rings (SSSR count). The molecule has 1 aromatic carbocycles. The van der Waals surface area contributed by atoms with E-state index in [-0.39, 0.29) is 30.8 Å². The van der Waals surface area contributed by atoms with Crippen molar-refractivity contribution < 1.29 is 14.7 Å². The molecule has 0 saturated carbocycles. The Labute approximate surface area is 125 Å². The summed E-state index contributed by atoms with van der Waals surface area (Å²) in [7, 11) is 1.66. The number of aryl methyl sites for hydroxylation is 1. The number of benzene rings is 1. The van der Waals surface area contributed by atoms with E-state index < -0.39 is 0 Å². The first-order chi connectivity index (χ1) is 10.1. The monoisotopic (exact) mass is 290 g/mol. The molecule has 114 valence electrons. The summed E-state index contributed by atoms with van der Waals surface area (Å²) in [6, 6.07) is 7.81. The van der Waals surface area contributed by atoms with Crippen molar-refractivity contribution >= 4 is 17.5 Å². The van der Waals surface area contributed by atoms with Gasteiger partial charge in [0.1, 0.15) is 0 Å². The van der Waals surface area contributed by atoms with Crippen molar-refractivity contribution in [3.63, 3.8) is 0 Å². The van der Waals surface area contributed by atoms with Crippen molar-refractivity contribution in [1.29, 1.82) is 0 Å². The van der Waals surface area contributed by atoms with Crippen molar-refractivity contribution in [2.45, 2.75) is 19.8 Å². The molecule has 1 saturated heterocycles. The molecule has 1 heterocycles. The van der Waals surface area contributed by atoms with E-state index in [0.29, 0.717) is 13.1 Å². The molecular formula is C16H22N2O3. The highest BCUT2D eigenvalue weighted by atomic mass is 16.3. The van der Waals surface area contributed by atoms with Gasteiger partial charge in [-0.25, -0.2) is 0 Å². The van der Waals surface area contributed by atoms with E-state index in [1.165, 1.54) is 4.90 Å². The van der Waals surface area contributed by atoms with Gasteiger partial charge in [-0.1, -0.05) is 25.1 Å². The number of carbonyl (C=O) groups excluding carboxylic acids is 2. The van der Waals surface area contributed by atoms with E-state index in [2.05, 4.69) is 6.92 Å². The maximum absolute atomic E-state index is 12.2. The maximum Gasteiger partial charge on any atom is 0.227 e. The van der Waals surface area contributed by atoms with Gasteiger partial charge in [0.05, 0.1) is 12.5 Å². The highest BCUT2D eigenvalue weighted by Gasteiger charge is 2.36. The van der Waals surface area contributed by atoms with Crippen LogP contribution in [0.25, 0.3) is 0 Å². The summed E-state index contributed by atoms with van der Waals surface area (Å²) in [5.74, 6) is -0.403. The van der Waals surface area contributed by atoms with Crippen molar-refractivity contribution in [2.24, 2.45) is 5.92 Å². The molecule has 5 nitrogen and oxygen atoms in total. The number of amides is 2. The maximum atomic E-state index is 12.2. The fraction of sp³-hybridized carbons (Fsp3) is 0.500. The van der Waals surface area contributed by atoms with Crippen LogP contribution in [0.15, 0.2) is 24.3 Å². The number of aliphatic hydroxyl groups is 1. The molecule has 0 bridgehead atoms. The van der Waals surface area contributed by atoms with Crippen LogP contribution < -0.4 is 4.90 Å². The Morgan fingerprint density at radius 3 is 2.81 bits per heavy atom. The largest absolute Gasteiger partial charge is 0.395 e. The minimum absolute atomic E-state index is 0.00773. The van der Waals surface area contributed by atoms with Gasteiger partial charge in [-0.2, -0.15) is 0 Å². The minimum Gasteiger partial charge on any atom is -0.395 e. The lowest BCUT2D eigenvalue weighted by atomic mass is 10.1. The Kier molecular flexibility index (Phi) is 4.96. The van der Waals surface area contributed by atoms with Crippen LogP contribution in [-0.2, 0) is 16.0 Å². The fourth-order valence-corrected chi connectivity index (χ4v) is 2.75. The lowest BCUT2D eigenvalue weighted by molar-refractivity contribution is -0.134. The number of likely N-dealkylation sites (N-methyl/N-ethyl adjacent to an activating group) is 1. The molecule has 1 aromatic rings. The Hall–Kier alpha value is -1.88. The summed E-state index contributed by atoms with van der Waals surface area (Å²) in [6.07, 6.45) is 1.09. The topological polar surface area (TPSA) is 60.9 Å². The fourth-order valence-electron chi connectivity index (χ4n) is 2.75. The molecule has 5 heteroatoms. The van der Waals surface area contributed by atoms with Crippen molar-refractivity contribution in [3.8, 4) is 0 Å². The second-order valence-electron chi connectivity index (χ2n) is 5.37. The molecule has 1 aliphatic rings. The third-order valence-electron chi connectivity index (χ3n) is 3.95. The van der Waals surface area contributed by atoms with E-state index >= 15 is 0 Å². The first-order valence-electron chi connectivity index (χ1n) is 7.32. The molecule has 1 aliphatic heterocycles. The third-order valence-corrected chi connectivity index (χ3v) is 3.95. The summed E-state index contributed by atoms with van der Waals surface area (Å²) in [4.78, 5) is 27.7. The van der Waals surface area contributed by atoms with Gasteiger partial charge in [0, 0.05) is 32.2 Å². The summed E-state index contributed by atoms with van der Waals surface area (Å²) in [5, 5.41) is 8.91. The summed E-state index contributed by atoms with van der Waals surface area (Å²) in [5.41, 5.74) is 2.02. The molecular weight excluding hydrogens is 268 g/mol. The van der Waals surface area contributed by atoms with E-state index in [4.69, 9.17) is 5.11 Å². The quantitative estimate of drug-likeness (QED) is 0.882. The van der Waals surface area contributed by atoms with Gasteiger partial charge >= 0.3 is 0 Å². The Balaban J connectivity index is 2.14. The average Bonchev–Trinajstić information content (AvgIpc) is 2.88. The van der Waals surface area contributed by atoms with Crippen LogP contribution in [0.3, 0.4) is 0 Å². The average molecular weight is 290 g/mol. The van der Waals surface area contributed by atoms with Crippen LogP contribution in [0.2, 0.25) is 0 Å². The van der Waals surface area contributed by atoms with Crippen molar-refractivity contribution in [3.05, 3.63) is 29.8 Å². The SMILES string of the molecule is CCc1ccccc1N1CC(C(=O)N(C)CCO)CC1=O. The van der Waals surface area contributed by atoms with E-state index in [1.807, 2.05) is 24.3 Å². The van der Waals surface area contributed by atoms with Crippen molar-refractivity contribution in [2.75, 3.05) is 31.6 Å². The smallest absolute Gasteiger partial charge is 0.227 e. The highest BCUT2D eigenvalue weighted by Crippen LogP contribution is 2.29. The molecule has 0 radical (unpaired) electrons. The van der Waals surface area contributed by atoms with Gasteiger partial charge in [-0.15, -0.1) is 0 Å². The summed E-state index contributed by atoms with van der Waals surface area (Å²) in [6.45, 7) is 2.71. The zero-order chi connectivity index (χ0) is 15.4. The number of nitrogens with zero attached hydrogens (tertiary/aromatic N) is 2. The van der Waals surface area contributed by atoms with Crippen molar-refractivity contribution in [1.82, 2.24) is 4.90 Å². The zero-order valence-corrected chi connectivity index (χ0v) is 12.6.